The second-order valence-electron chi connectivity index (χ2n) is 6.04. The Morgan fingerprint density at radius 2 is 1.61 bits per heavy atom. The number of amides is 2. The van der Waals surface area contributed by atoms with Crippen LogP contribution in [-0.4, -0.2) is 42.0 Å². The molecule has 104 valence electrons. The zero-order valence-electron chi connectivity index (χ0n) is 12.0. The van der Waals surface area contributed by atoms with Gasteiger partial charge in [0, 0.05) is 26.2 Å². The van der Waals surface area contributed by atoms with E-state index in [0.29, 0.717) is 6.03 Å². The molecule has 2 heterocycles. The van der Waals surface area contributed by atoms with Crippen LogP contribution in [0.15, 0.2) is 0 Å². The zero-order valence-corrected chi connectivity index (χ0v) is 12.0. The molecular weight excluding hydrogens is 224 g/mol. The van der Waals surface area contributed by atoms with Crippen LogP contribution in [0.2, 0.25) is 0 Å². The average Bonchev–Trinajstić information content (AvgIpc) is 2.47. The second kappa shape index (κ2) is 6.44. The highest BCUT2D eigenvalue weighted by Crippen LogP contribution is 2.27. The van der Waals surface area contributed by atoms with E-state index >= 15 is 0 Å². The Balaban J connectivity index is 1.79. The summed E-state index contributed by atoms with van der Waals surface area (Å²) in [4.78, 5) is 16.5. The van der Waals surface area contributed by atoms with Crippen molar-refractivity contribution in [2.75, 3.05) is 26.2 Å². The lowest BCUT2D eigenvalue weighted by Crippen LogP contribution is -2.48. The van der Waals surface area contributed by atoms with Gasteiger partial charge in [-0.2, -0.15) is 0 Å². The normalized spacial score (nSPS) is 24.1. The standard InChI is InChI=1S/C15H28N2O/c1-3-13(2)14-7-11-17(12-8-14)15(18)16-9-5-4-6-10-16/h13-14H,3-12H2,1-2H3. The fourth-order valence-corrected chi connectivity index (χ4v) is 3.28. The Labute approximate surface area is 112 Å². The van der Waals surface area contributed by atoms with Crippen molar-refractivity contribution in [1.29, 1.82) is 0 Å². The third-order valence-electron chi connectivity index (χ3n) is 4.89. The van der Waals surface area contributed by atoms with E-state index < -0.39 is 0 Å². The van der Waals surface area contributed by atoms with Crippen LogP contribution >= 0.6 is 0 Å². The first-order valence-corrected chi connectivity index (χ1v) is 7.76. The molecule has 3 heteroatoms. The zero-order chi connectivity index (χ0) is 13.0. The van der Waals surface area contributed by atoms with E-state index in [1.54, 1.807) is 0 Å². The van der Waals surface area contributed by atoms with E-state index in [0.717, 1.165) is 38.0 Å². The van der Waals surface area contributed by atoms with Gasteiger partial charge in [0.1, 0.15) is 0 Å². The highest BCUT2D eigenvalue weighted by molar-refractivity contribution is 5.74. The molecular formula is C15H28N2O. The molecule has 18 heavy (non-hydrogen) atoms. The summed E-state index contributed by atoms with van der Waals surface area (Å²) >= 11 is 0. The van der Waals surface area contributed by atoms with Crippen molar-refractivity contribution in [2.45, 2.75) is 52.4 Å². The maximum atomic E-state index is 12.4. The third-order valence-corrected chi connectivity index (χ3v) is 4.89. The van der Waals surface area contributed by atoms with Gasteiger partial charge in [0.15, 0.2) is 0 Å². The van der Waals surface area contributed by atoms with E-state index in [4.69, 9.17) is 0 Å². The lowest BCUT2D eigenvalue weighted by Gasteiger charge is -2.38. The van der Waals surface area contributed by atoms with Gasteiger partial charge in [-0.3, -0.25) is 0 Å². The number of carbonyl (C=O) groups is 1. The maximum absolute atomic E-state index is 12.4. The summed E-state index contributed by atoms with van der Waals surface area (Å²) in [6.45, 7) is 8.53. The summed E-state index contributed by atoms with van der Waals surface area (Å²) in [6, 6.07) is 0.303. The summed E-state index contributed by atoms with van der Waals surface area (Å²) < 4.78 is 0. The summed E-state index contributed by atoms with van der Waals surface area (Å²) in [6.07, 6.45) is 7.35. The molecule has 0 aromatic carbocycles. The van der Waals surface area contributed by atoms with Gasteiger partial charge in [-0.05, 0) is 43.9 Å². The van der Waals surface area contributed by atoms with Gasteiger partial charge in [-0.15, -0.1) is 0 Å². The fourth-order valence-electron chi connectivity index (χ4n) is 3.28. The number of urea groups is 1. The van der Waals surface area contributed by atoms with E-state index in [1.807, 2.05) is 0 Å². The number of nitrogens with zero attached hydrogens (tertiary/aromatic N) is 2. The summed E-state index contributed by atoms with van der Waals surface area (Å²) in [5.74, 6) is 1.65. The van der Waals surface area contributed by atoms with Crippen LogP contribution in [-0.2, 0) is 0 Å². The lowest BCUT2D eigenvalue weighted by molar-refractivity contribution is 0.115. The monoisotopic (exact) mass is 252 g/mol. The molecule has 2 aliphatic heterocycles. The van der Waals surface area contributed by atoms with E-state index in [-0.39, 0.29) is 0 Å². The molecule has 2 fully saturated rings. The van der Waals surface area contributed by atoms with Crippen molar-refractivity contribution in [3.05, 3.63) is 0 Å². The van der Waals surface area contributed by atoms with Gasteiger partial charge >= 0.3 is 6.03 Å². The van der Waals surface area contributed by atoms with Gasteiger partial charge in [0.2, 0.25) is 0 Å². The quantitative estimate of drug-likeness (QED) is 0.739. The largest absolute Gasteiger partial charge is 0.325 e. The van der Waals surface area contributed by atoms with Crippen LogP contribution in [0.1, 0.15) is 52.4 Å². The molecule has 0 spiro atoms. The van der Waals surface area contributed by atoms with E-state index in [1.165, 1.54) is 38.5 Å². The number of likely N-dealkylation sites (tertiary alicyclic amines) is 2. The molecule has 2 aliphatic rings. The van der Waals surface area contributed by atoms with Crippen molar-refractivity contribution in [1.82, 2.24) is 9.80 Å². The van der Waals surface area contributed by atoms with Gasteiger partial charge in [0.25, 0.3) is 0 Å². The number of hydrogen-bond donors (Lipinski definition) is 0. The molecule has 0 aromatic heterocycles. The van der Waals surface area contributed by atoms with Crippen molar-refractivity contribution < 1.29 is 4.79 Å². The Kier molecular flexibility index (Phi) is 4.90. The molecule has 2 amide bonds. The molecule has 0 radical (unpaired) electrons. The molecule has 2 saturated heterocycles. The first-order valence-electron chi connectivity index (χ1n) is 7.76. The number of hydrogen-bond acceptors (Lipinski definition) is 1. The van der Waals surface area contributed by atoms with Crippen LogP contribution in [0.4, 0.5) is 4.79 Å². The smallest absolute Gasteiger partial charge is 0.319 e. The Morgan fingerprint density at radius 1 is 1.06 bits per heavy atom. The molecule has 0 N–H and O–H groups in total. The highest BCUT2D eigenvalue weighted by atomic mass is 16.2. The van der Waals surface area contributed by atoms with Crippen molar-refractivity contribution in [3.63, 3.8) is 0 Å². The molecule has 3 nitrogen and oxygen atoms in total. The number of piperidine rings is 2. The molecule has 1 unspecified atom stereocenters. The Morgan fingerprint density at radius 3 is 2.17 bits per heavy atom. The molecule has 2 rings (SSSR count). The summed E-state index contributed by atoms with van der Waals surface area (Å²) in [7, 11) is 0. The molecule has 1 atom stereocenters. The van der Waals surface area contributed by atoms with Gasteiger partial charge in [0.05, 0.1) is 0 Å². The maximum Gasteiger partial charge on any atom is 0.319 e. The van der Waals surface area contributed by atoms with Gasteiger partial charge in [-0.25, -0.2) is 4.79 Å². The number of rotatable bonds is 2. The molecule has 0 bridgehead atoms. The molecule has 0 aliphatic carbocycles. The van der Waals surface area contributed by atoms with Crippen LogP contribution in [0.25, 0.3) is 0 Å². The highest BCUT2D eigenvalue weighted by Gasteiger charge is 2.28. The first-order chi connectivity index (χ1) is 8.72. The average molecular weight is 252 g/mol. The predicted octanol–water partition coefficient (Wildman–Crippen LogP) is 3.35. The minimum Gasteiger partial charge on any atom is -0.325 e. The third kappa shape index (κ3) is 3.18. The fraction of sp³-hybridized carbons (Fsp3) is 0.933. The number of carbonyl (C=O) groups excluding carboxylic acids is 1. The second-order valence-corrected chi connectivity index (χ2v) is 6.04. The first kappa shape index (κ1) is 13.7. The van der Waals surface area contributed by atoms with Crippen molar-refractivity contribution >= 4 is 6.03 Å². The lowest BCUT2D eigenvalue weighted by atomic mass is 9.84. The molecule has 0 aromatic rings. The van der Waals surface area contributed by atoms with Crippen LogP contribution in [0.5, 0.6) is 0 Å². The predicted molar refractivity (Wildman–Crippen MR) is 74.6 cm³/mol. The van der Waals surface area contributed by atoms with Crippen molar-refractivity contribution in [2.24, 2.45) is 11.8 Å². The van der Waals surface area contributed by atoms with Gasteiger partial charge < -0.3 is 9.80 Å². The van der Waals surface area contributed by atoms with Crippen molar-refractivity contribution in [3.8, 4) is 0 Å². The molecule has 0 saturated carbocycles. The van der Waals surface area contributed by atoms with Crippen LogP contribution in [0, 0.1) is 11.8 Å². The Hall–Kier alpha value is -0.730. The Bertz CT molecular complexity index is 266. The van der Waals surface area contributed by atoms with E-state index in [9.17, 15) is 4.79 Å². The SMILES string of the molecule is CCC(C)C1CCN(C(=O)N2CCCCC2)CC1. The summed E-state index contributed by atoms with van der Waals surface area (Å²) in [5, 5.41) is 0. The van der Waals surface area contributed by atoms with Crippen LogP contribution in [0.3, 0.4) is 0 Å². The minimum absolute atomic E-state index is 0.303. The minimum atomic E-state index is 0.303. The van der Waals surface area contributed by atoms with Crippen LogP contribution < -0.4 is 0 Å². The van der Waals surface area contributed by atoms with Gasteiger partial charge in [-0.1, -0.05) is 20.3 Å². The topological polar surface area (TPSA) is 23.6 Å². The van der Waals surface area contributed by atoms with E-state index in [2.05, 4.69) is 23.6 Å². The summed E-state index contributed by atoms with van der Waals surface area (Å²) in [5.41, 5.74) is 0.